The summed E-state index contributed by atoms with van der Waals surface area (Å²) in [7, 11) is 0. The van der Waals surface area contributed by atoms with Crippen molar-refractivity contribution in [1.29, 1.82) is 0 Å². The van der Waals surface area contributed by atoms with Crippen LogP contribution in [0.3, 0.4) is 0 Å². The zero-order chi connectivity index (χ0) is 91.2. The number of aromatic nitrogens is 9. The van der Waals surface area contributed by atoms with E-state index >= 15 is 0 Å². The van der Waals surface area contributed by atoms with Gasteiger partial charge in [-0.1, -0.05) is 106 Å². The molecule has 6 aliphatic rings. The molecule has 20 nitrogen and oxygen atoms in total. The van der Waals surface area contributed by atoms with Gasteiger partial charge in [-0.3, -0.25) is 14.7 Å². The lowest BCUT2D eigenvalue weighted by Crippen LogP contribution is -2.44. The van der Waals surface area contributed by atoms with Crippen LogP contribution in [-0.2, 0) is 0 Å². The number of para-hydroxylation sites is 2. The first-order valence-electron chi connectivity index (χ1n) is 46.1. The van der Waals surface area contributed by atoms with Gasteiger partial charge in [-0.15, -0.1) is 0 Å². The molecular weight excluding hydrogens is 1480 g/mol. The minimum Gasteiger partial charge on any atom is -0.435 e. The first-order valence-corrected chi connectivity index (χ1v) is 42.1. The summed E-state index contributed by atoms with van der Waals surface area (Å²) in [5.41, 5.74) is 19.0. The molecule has 6 atom stereocenters. The summed E-state index contributed by atoms with van der Waals surface area (Å²) >= 11 is 0. The van der Waals surface area contributed by atoms with Gasteiger partial charge in [0.05, 0.1) is 19.8 Å². The van der Waals surface area contributed by atoms with Crippen molar-refractivity contribution in [3.8, 4) is 0 Å². The quantitative estimate of drug-likeness (QED) is 0.147. The summed E-state index contributed by atoms with van der Waals surface area (Å²) in [6.45, 7) is 41.5. The Morgan fingerprint density at radius 1 is 0.387 bits per heavy atom. The molecule has 3 fully saturated rings. The summed E-state index contributed by atoms with van der Waals surface area (Å²) in [6, 6.07) is 40.3. The monoisotopic (exact) mass is 1600 g/mol. The summed E-state index contributed by atoms with van der Waals surface area (Å²) < 4.78 is 84.1. The van der Waals surface area contributed by atoms with Crippen LogP contribution in [0.5, 0.6) is 0 Å². The number of benzene rings is 5. The summed E-state index contributed by atoms with van der Waals surface area (Å²) in [5, 5.41) is 5.69. The Hall–Kier alpha value is -11.4. The van der Waals surface area contributed by atoms with Gasteiger partial charge in [-0.25, -0.2) is 44.9 Å². The van der Waals surface area contributed by atoms with Crippen LogP contribution in [0.15, 0.2) is 172 Å². The van der Waals surface area contributed by atoms with Gasteiger partial charge in [0.2, 0.25) is 17.1 Å². The first kappa shape index (κ1) is 71.7. The highest BCUT2D eigenvalue weighted by Gasteiger charge is 2.54. The Labute approximate surface area is 713 Å². The van der Waals surface area contributed by atoms with E-state index in [1.807, 2.05) is 132 Å². The van der Waals surface area contributed by atoms with Crippen LogP contribution in [0.2, 0.25) is 0 Å². The molecule has 14 heterocycles. The second-order valence-electron chi connectivity index (χ2n) is 35.9. The van der Waals surface area contributed by atoms with Gasteiger partial charge in [0.25, 0.3) is 0 Å². The number of anilines is 11. The number of rotatable bonds is 7. The van der Waals surface area contributed by atoms with Gasteiger partial charge in [0.1, 0.15) is 18.5 Å². The van der Waals surface area contributed by atoms with Crippen LogP contribution in [-0.4, -0.2) is 106 Å². The van der Waals surface area contributed by atoms with Gasteiger partial charge in [-0.05, 0) is 258 Å². The molecule has 14 aromatic rings. The predicted octanol–water partition coefficient (Wildman–Crippen LogP) is 24.2. The second kappa shape index (κ2) is 31.1. The molecule has 2 saturated heterocycles. The molecule has 0 amide bonds. The highest BCUT2D eigenvalue weighted by molar-refractivity contribution is 6.12. The Morgan fingerprint density at radius 2 is 0.739 bits per heavy atom. The van der Waals surface area contributed by atoms with Crippen LogP contribution in [0.4, 0.5) is 63.3 Å². The highest BCUT2D eigenvalue weighted by atomic mass is 16.3. The molecule has 0 radical (unpaired) electrons. The van der Waals surface area contributed by atoms with E-state index in [9.17, 15) is 0 Å². The van der Waals surface area contributed by atoms with Crippen molar-refractivity contribution in [1.82, 2.24) is 44.9 Å². The maximum absolute atomic E-state index is 8.75. The number of fused-ring (bicyclic) bond motifs is 12. The molecule has 20 rings (SSSR count). The van der Waals surface area contributed by atoms with Gasteiger partial charge in [-0.2, -0.15) is 0 Å². The normalized spacial score (nSPS) is 21.7. The van der Waals surface area contributed by atoms with Gasteiger partial charge in [0.15, 0.2) is 51.7 Å². The van der Waals surface area contributed by atoms with Crippen molar-refractivity contribution in [3.63, 3.8) is 0 Å². The molecule has 9 aromatic heterocycles. The average Bonchev–Trinajstić information content (AvgIpc) is 1.58. The Balaban J connectivity index is 0.000000119. The molecule has 5 aliphatic heterocycles. The van der Waals surface area contributed by atoms with Crippen molar-refractivity contribution in [2.24, 2.45) is 10.8 Å². The standard InChI is InChI=1S/2C22H23N5O.C20H19N5O.C19H29N.C16H25N/c2*1-12(2)26-15(5)27(21-20(26)23-10-11-24-21)18-13(3)6-8-16-17-9-7-14(4)25-22(17)28-19(16)18;1-11-5-7-14-15-8-6-12(2)23-20(15)26-17(14)16(11)25-13(3)24(4)18-19(25)22-10-9-21-18;1-15-10-6-7-11-17(15)20-16(2)19(14-18(20,3)4)12-8-5-9-13-19;1-12-9-7-8-10-14(12)17-13(2)15(3,4)11-16(17,5)6/h2*6-12,15H,1-5H3;5-10,13H,1-4H3;6-7,10-11,16H,5,8-9,12-14H2,1-4H3;7-10,13H,11H2,1-6H3/i1D3,12D;12D;4D3;;. The predicted molar refractivity (Wildman–Crippen MR) is 490 cm³/mol. The van der Waals surface area contributed by atoms with Crippen molar-refractivity contribution in [2.75, 3.05) is 46.2 Å². The van der Waals surface area contributed by atoms with Crippen LogP contribution < -0.4 is 39.2 Å². The molecule has 119 heavy (non-hydrogen) atoms. The topological polar surface area (TPSA) is 181 Å². The maximum Gasteiger partial charge on any atom is 0.227 e. The molecule has 1 aliphatic carbocycles. The zero-order valence-corrected chi connectivity index (χ0v) is 73.2. The van der Waals surface area contributed by atoms with E-state index in [2.05, 4.69) is 209 Å². The Kier molecular flexibility index (Phi) is 18.7. The van der Waals surface area contributed by atoms with Crippen LogP contribution in [0, 0.1) is 66.2 Å². The van der Waals surface area contributed by atoms with Crippen molar-refractivity contribution in [3.05, 3.63) is 203 Å². The van der Waals surface area contributed by atoms with Crippen molar-refractivity contribution < 1.29 is 24.2 Å². The lowest BCUT2D eigenvalue weighted by Gasteiger charge is -2.41. The van der Waals surface area contributed by atoms with Gasteiger partial charge in [0, 0.05) is 148 Å². The smallest absolute Gasteiger partial charge is 0.227 e. The van der Waals surface area contributed by atoms with Crippen molar-refractivity contribution in [2.45, 2.75) is 258 Å². The summed E-state index contributed by atoms with van der Waals surface area (Å²) in [4.78, 5) is 56.6. The minimum atomic E-state index is -2.56. The van der Waals surface area contributed by atoms with Crippen molar-refractivity contribution >= 4 is 130 Å². The zero-order valence-electron chi connectivity index (χ0n) is 81.2. The van der Waals surface area contributed by atoms with E-state index in [1.165, 1.54) is 96.6 Å². The summed E-state index contributed by atoms with van der Waals surface area (Å²) in [6.07, 6.45) is 18.1. The molecule has 0 bridgehead atoms. The molecular formula is C99H119N17O3. The van der Waals surface area contributed by atoms with E-state index in [-0.39, 0.29) is 17.2 Å². The number of pyridine rings is 3. The maximum atomic E-state index is 8.75. The fourth-order valence-corrected chi connectivity index (χ4v) is 20.6. The average molecular weight is 1600 g/mol. The van der Waals surface area contributed by atoms with Crippen LogP contribution in [0.25, 0.3) is 66.2 Å². The number of aryl methyl sites for hydroxylation is 8. The fourth-order valence-electron chi connectivity index (χ4n) is 20.6. The third-order valence-corrected chi connectivity index (χ3v) is 26.0. The highest BCUT2D eigenvalue weighted by Crippen LogP contribution is 2.57. The number of furan rings is 3. The number of hydrogen-bond acceptors (Lipinski definition) is 20. The molecule has 0 N–H and O–H groups in total. The number of nitrogens with zero attached hydrogens (tertiary/aromatic N) is 17. The van der Waals surface area contributed by atoms with E-state index in [1.54, 1.807) is 24.8 Å². The lowest BCUT2D eigenvalue weighted by atomic mass is 9.68. The fraction of sp³-hybridized carbons (Fsp3) is 0.424. The molecule has 6 unspecified atom stereocenters. The Morgan fingerprint density at radius 3 is 1.12 bits per heavy atom. The van der Waals surface area contributed by atoms with E-state index in [4.69, 9.17) is 24.2 Å². The third kappa shape index (κ3) is 14.1. The largest absolute Gasteiger partial charge is 0.435 e. The van der Waals surface area contributed by atoms with E-state index in [0.717, 1.165) is 94.6 Å². The Bertz CT molecular complexity index is 6330. The van der Waals surface area contributed by atoms with Crippen LogP contribution in [0.1, 0.15) is 205 Å². The number of hydrogen-bond donors (Lipinski definition) is 0. The second-order valence-corrected chi connectivity index (χ2v) is 35.9. The van der Waals surface area contributed by atoms with E-state index < -0.39 is 38.2 Å². The van der Waals surface area contributed by atoms with E-state index in [0.29, 0.717) is 80.3 Å². The summed E-state index contributed by atoms with van der Waals surface area (Å²) in [5.74, 6) is 3.12. The molecule has 1 spiro atoms. The molecule has 20 heteroatoms. The molecule has 618 valence electrons. The lowest BCUT2D eigenvalue weighted by molar-refractivity contribution is 0.170. The molecule has 5 aromatic carbocycles. The molecule has 1 saturated carbocycles. The van der Waals surface area contributed by atoms with Crippen LogP contribution >= 0.6 is 0 Å². The van der Waals surface area contributed by atoms with Gasteiger partial charge < -0.3 is 37.8 Å². The SMILES string of the molecule is Cc1ccccc1N1C(C)C(C)(C)CC1(C)C.Cc1ccccc1N1C(C)C2(CCCCC2)CC1(C)C.[2H]C(C)(C)N1c2nccnc2N(c2c(C)ccc3c2oc2nc(C)ccc23)C1C.[2H]C([2H])([2H])C([2H])(C)N1c2nccnc2N(c2c(C)ccc3c2oc2nc(C)ccc23)C1C.[2H]C([2H])([2H])N1c2nccnc2N(c2c(C)ccc3c2oc2nc(C)ccc23)C1C. The van der Waals surface area contributed by atoms with Gasteiger partial charge >= 0.3 is 0 Å². The first-order chi connectivity index (χ1) is 59.8. The third-order valence-electron chi connectivity index (χ3n) is 26.0. The minimum absolute atomic E-state index is 0.146.